The average Bonchev–Trinajstić information content (AvgIpc) is 3.56. The number of thiophene rings is 1. The summed E-state index contributed by atoms with van der Waals surface area (Å²) >= 11 is 1.63. The predicted octanol–water partition coefficient (Wildman–Crippen LogP) is 7.29. The highest BCUT2D eigenvalue weighted by molar-refractivity contribution is 7.17. The molecule has 3 aromatic heterocycles. The molecule has 0 aliphatic rings. The van der Waals surface area contributed by atoms with Crippen molar-refractivity contribution >= 4 is 27.4 Å². The normalized spacial score (nSPS) is 11.1. The Morgan fingerprint density at radius 3 is 2.09 bits per heavy atom. The van der Waals surface area contributed by atoms with E-state index in [0.717, 1.165) is 49.7 Å². The third-order valence-electron chi connectivity index (χ3n) is 5.61. The summed E-state index contributed by atoms with van der Waals surface area (Å²) < 4.78 is 5.61. The Morgan fingerprint density at radius 1 is 0.735 bits per heavy atom. The van der Waals surface area contributed by atoms with Crippen LogP contribution in [0, 0.1) is 0 Å². The first-order valence-electron chi connectivity index (χ1n) is 11.0. The van der Waals surface area contributed by atoms with E-state index in [4.69, 9.17) is 14.5 Å². The molecule has 0 aliphatic heterocycles. The van der Waals surface area contributed by atoms with E-state index >= 15 is 0 Å². The van der Waals surface area contributed by atoms with Gasteiger partial charge in [0.1, 0.15) is 16.3 Å². The molecule has 6 heteroatoms. The van der Waals surface area contributed by atoms with E-state index in [1.54, 1.807) is 11.3 Å². The Hall–Kier alpha value is -4.29. The maximum absolute atomic E-state index is 5.61. The standard InChI is InChI=1S/C28H20N4OS/c1-4-10-19(11-5-1)23-18-34-28-25(23)27(30-26(31-28)21-14-8-3-9-15-21)29-17-22-16-24(32-33-22)20-12-6-2-7-13-20/h1-16,18H,17H2,(H,29,30,31). The Kier molecular flexibility index (Phi) is 5.33. The van der Waals surface area contributed by atoms with E-state index in [-0.39, 0.29) is 0 Å². The van der Waals surface area contributed by atoms with Crippen molar-refractivity contribution in [2.24, 2.45) is 0 Å². The van der Waals surface area contributed by atoms with E-state index < -0.39 is 0 Å². The van der Waals surface area contributed by atoms with Gasteiger partial charge in [-0.05, 0) is 5.56 Å². The zero-order valence-electron chi connectivity index (χ0n) is 18.2. The van der Waals surface area contributed by atoms with Crippen molar-refractivity contribution in [3.05, 3.63) is 108 Å². The van der Waals surface area contributed by atoms with Crippen molar-refractivity contribution in [1.29, 1.82) is 0 Å². The van der Waals surface area contributed by atoms with Gasteiger partial charge in [0, 0.05) is 28.1 Å². The first-order chi connectivity index (χ1) is 16.8. The topological polar surface area (TPSA) is 63.8 Å². The molecule has 6 aromatic rings. The minimum atomic E-state index is 0.463. The molecule has 0 atom stereocenters. The Bertz CT molecular complexity index is 1540. The van der Waals surface area contributed by atoms with E-state index in [9.17, 15) is 0 Å². The van der Waals surface area contributed by atoms with Crippen molar-refractivity contribution < 1.29 is 4.52 Å². The number of aromatic nitrogens is 3. The number of hydrogen-bond donors (Lipinski definition) is 1. The molecule has 5 nitrogen and oxygen atoms in total. The highest BCUT2D eigenvalue weighted by Gasteiger charge is 2.17. The van der Waals surface area contributed by atoms with Crippen LogP contribution in [0.15, 0.2) is 107 Å². The average molecular weight is 461 g/mol. The number of rotatable bonds is 6. The van der Waals surface area contributed by atoms with Crippen LogP contribution in [0.1, 0.15) is 5.76 Å². The molecule has 164 valence electrons. The van der Waals surface area contributed by atoms with Crippen LogP contribution >= 0.6 is 11.3 Å². The lowest BCUT2D eigenvalue weighted by Gasteiger charge is -2.10. The lowest BCUT2D eigenvalue weighted by atomic mass is 10.1. The summed E-state index contributed by atoms with van der Waals surface area (Å²) in [5.74, 6) is 2.21. The zero-order valence-corrected chi connectivity index (χ0v) is 19.0. The number of nitrogens with one attached hydrogen (secondary N) is 1. The van der Waals surface area contributed by atoms with Crippen LogP contribution in [0.3, 0.4) is 0 Å². The summed E-state index contributed by atoms with van der Waals surface area (Å²) in [5.41, 5.74) is 5.07. The van der Waals surface area contributed by atoms with Crippen LogP contribution in [0.2, 0.25) is 0 Å². The minimum Gasteiger partial charge on any atom is -0.362 e. The number of nitrogens with zero attached hydrogens (tertiary/aromatic N) is 3. The first-order valence-corrected chi connectivity index (χ1v) is 11.9. The molecule has 3 aromatic carbocycles. The minimum absolute atomic E-state index is 0.463. The molecule has 34 heavy (non-hydrogen) atoms. The van der Waals surface area contributed by atoms with Gasteiger partial charge in [-0.2, -0.15) is 0 Å². The molecule has 3 heterocycles. The number of fused-ring (bicyclic) bond motifs is 1. The smallest absolute Gasteiger partial charge is 0.163 e. The van der Waals surface area contributed by atoms with Crippen molar-refractivity contribution in [2.75, 3.05) is 5.32 Å². The maximum Gasteiger partial charge on any atom is 0.163 e. The fraction of sp³-hybridized carbons (Fsp3) is 0.0357. The molecule has 0 spiro atoms. The lowest BCUT2D eigenvalue weighted by molar-refractivity contribution is 0.390. The van der Waals surface area contributed by atoms with Gasteiger partial charge < -0.3 is 9.84 Å². The van der Waals surface area contributed by atoms with Gasteiger partial charge in [0.15, 0.2) is 11.6 Å². The van der Waals surface area contributed by atoms with Crippen LogP contribution < -0.4 is 5.32 Å². The molecule has 0 fully saturated rings. The van der Waals surface area contributed by atoms with Gasteiger partial charge in [-0.1, -0.05) is 96.2 Å². The van der Waals surface area contributed by atoms with E-state index in [2.05, 4.69) is 28.0 Å². The quantitative estimate of drug-likeness (QED) is 0.283. The molecule has 0 bridgehead atoms. The molecule has 0 radical (unpaired) electrons. The highest BCUT2D eigenvalue weighted by Crippen LogP contribution is 2.38. The van der Waals surface area contributed by atoms with Gasteiger partial charge in [-0.3, -0.25) is 0 Å². The second kappa shape index (κ2) is 8.92. The van der Waals surface area contributed by atoms with Crippen LogP contribution in [0.25, 0.3) is 44.0 Å². The van der Waals surface area contributed by atoms with Crippen molar-refractivity contribution in [3.8, 4) is 33.8 Å². The molecule has 0 saturated carbocycles. The summed E-state index contributed by atoms with van der Waals surface area (Å²) in [6.07, 6.45) is 0. The summed E-state index contributed by atoms with van der Waals surface area (Å²) in [7, 11) is 0. The molecule has 0 unspecified atom stereocenters. The summed E-state index contributed by atoms with van der Waals surface area (Å²) in [5, 5.41) is 10.9. The fourth-order valence-electron chi connectivity index (χ4n) is 3.93. The van der Waals surface area contributed by atoms with Gasteiger partial charge in [0.25, 0.3) is 0 Å². The predicted molar refractivity (Wildman–Crippen MR) is 138 cm³/mol. The van der Waals surface area contributed by atoms with Gasteiger partial charge in [-0.25, -0.2) is 9.97 Å². The van der Waals surface area contributed by atoms with Gasteiger partial charge in [0.2, 0.25) is 0 Å². The number of hydrogen-bond acceptors (Lipinski definition) is 6. The van der Waals surface area contributed by atoms with E-state index in [1.165, 1.54) is 0 Å². The largest absolute Gasteiger partial charge is 0.362 e. The van der Waals surface area contributed by atoms with Crippen molar-refractivity contribution in [2.45, 2.75) is 6.54 Å². The van der Waals surface area contributed by atoms with Gasteiger partial charge >= 0.3 is 0 Å². The third-order valence-corrected chi connectivity index (χ3v) is 6.48. The van der Waals surface area contributed by atoms with Crippen LogP contribution in [0.4, 0.5) is 5.82 Å². The second-order valence-electron chi connectivity index (χ2n) is 7.86. The van der Waals surface area contributed by atoms with Crippen LogP contribution in [-0.4, -0.2) is 15.1 Å². The molecule has 0 saturated heterocycles. The molecule has 6 rings (SSSR count). The van der Waals surface area contributed by atoms with Crippen LogP contribution in [-0.2, 0) is 6.54 Å². The zero-order chi connectivity index (χ0) is 22.7. The Balaban J connectivity index is 1.39. The summed E-state index contributed by atoms with van der Waals surface area (Å²) in [4.78, 5) is 10.8. The Morgan fingerprint density at radius 2 is 1.38 bits per heavy atom. The number of anilines is 1. The monoisotopic (exact) mass is 460 g/mol. The molecule has 0 aliphatic carbocycles. The fourth-order valence-corrected chi connectivity index (χ4v) is 4.88. The van der Waals surface area contributed by atoms with Crippen molar-refractivity contribution in [3.63, 3.8) is 0 Å². The molecular formula is C28H20N4OS. The lowest BCUT2D eigenvalue weighted by Crippen LogP contribution is -2.03. The highest BCUT2D eigenvalue weighted by atomic mass is 32.1. The molecular weight excluding hydrogens is 440 g/mol. The number of benzene rings is 3. The molecule has 1 N–H and O–H groups in total. The van der Waals surface area contributed by atoms with Gasteiger partial charge in [0.05, 0.1) is 11.9 Å². The summed E-state index contributed by atoms with van der Waals surface area (Å²) in [6.45, 7) is 0.463. The summed E-state index contributed by atoms with van der Waals surface area (Å²) in [6, 6.07) is 32.4. The van der Waals surface area contributed by atoms with E-state index in [1.807, 2.05) is 84.9 Å². The second-order valence-corrected chi connectivity index (χ2v) is 8.71. The van der Waals surface area contributed by atoms with E-state index in [0.29, 0.717) is 12.4 Å². The van der Waals surface area contributed by atoms with Gasteiger partial charge in [-0.15, -0.1) is 11.3 Å². The first kappa shape index (κ1) is 20.3. The third kappa shape index (κ3) is 3.95. The van der Waals surface area contributed by atoms with Crippen molar-refractivity contribution in [1.82, 2.24) is 15.1 Å². The molecule has 0 amide bonds. The van der Waals surface area contributed by atoms with Crippen LogP contribution in [0.5, 0.6) is 0 Å². The SMILES string of the molecule is c1ccc(-c2cc(CNc3nc(-c4ccccc4)nc4scc(-c5ccccc5)c34)on2)cc1. The Labute approximate surface area is 200 Å². The maximum atomic E-state index is 5.61.